The number of hydrogen-bond donors (Lipinski definition) is 1. The highest BCUT2D eigenvalue weighted by Crippen LogP contribution is 2.38. The smallest absolute Gasteiger partial charge is 0.327 e. The summed E-state index contributed by atoms with van der Waals surface area (Å²) in [4.78, 5) is 25.5. The van der Waals surface area contributed by atoms with E-state index in [1.807, 2.05) is 10.8 Å². The first-order chi connectivity index (χ1) is 9.58. The number of nitrogens with zero attached hydrogens (tertiary/aromatic N) is 2. The summed E-state index contributed by atoms with van der Waals surface area (Å²) < 4.78 is 2.85. The molecule has 1 aromatic heterocycles. The quantitative estimate of drug-likeness (QED) is 0.899. The summed E-state index contributed by atoms with van der Waals surface area (Å²) in [6.45, 7) is 0.494. The van der Waals surface area contributed by atoms with Crippen LogP contribution in [0.3, 0.4) is 0 Å². The summed E-state index contributed by atoms with van der Waals surface area (Å²) in [5, 5.41) is 9.28. The van der Waals surface area contributed by atoms with Crippen molar-refractivity contribution < 1.29 is 14.7 Å². The summed E-state index contributed by atoms with van der Waals surface area (Å²) in [6, 6.07) is 1.46. The Balaban J connectivity index is 1.89. The molecule has 1 aromatic rings. The van der Waals surface area contributed by atoms with Crippen molar-refractivity contribution >= 4 is 39.6 Å². The number of halogens is 1. The van der Waals surface area contributed by atoms with Gasteiger partial charge in [-0.25, -0.2) is 4.79 Å². The van der Waals surface area contributed by atoms with Gasteiger partial charge in [0.2, 0.25) is 0 Å². The second-order valence-corrected chi connectivity index (χ2v) is 7.18. The van der Waals surface area contributed by atoms with E-state index in [1.54, 1.807) is 17.8 Å². The highest BCUT2D eigenvalue weighted by molar-refractivity contribution is 9.10. The first-order valence-corrected chi connectivity index (χ1v) is 8.51. The second-order valence-electron chi connectivity index (χ2n) is 5.11. The maximum Gasteiger partial charge on any atom is 0.327 e. The minimum absolute atomic E-state index is 0.171. The van der Waals surface area contributed by atoms with E-state index >= 15 is 0 Å². The minimum atomic E-state index is -0.922. The molecule has 0 spiro atoms. The topological polar surface area (TPSA) is 62.5 Å². The van der Waals surface area contributed by atoms with Crippen LogP contribution in [0.5, 0.6) is 0 Å². The molecule has 1 aliphatic carbocycles. The Morgan fingerprint density at radius 3 is 2.80 bits per heavy atom. The van der Waals surface area contributed by atoms with E-state index in [0.29, 0.717) is 24.0 Å². The average Bonchev–Trinajstić information content (AvgIpc) is 3.21. The number of aromatic nitrogens is 1. The van der Waals surface area contributed by atoms with Crippen LogP contribution < -0.4 is 0 Å². The van der Waals surface area contributed by atoms with Crippen LogP contribution in [0, 0.1) is 0 Å². The van der Waals surface area contributed by atoms with Crippen LogP contribution in [-0.4, -0.2) is 50.5 Å². The fraction of sp³-hybridized carbons (Fsp3) is 0.538. The highest BCUT2D eigenvalue weighted by atomic mass is 79.9. The van der Waals surface area contributed by atoms with Crippen LogP contribution in [-0.2, 0) is 4.79 Å². The zero-order chi connectivity index (χ0) is 14.3. The van der Waals surface area contributed by atoms with Gasteiger partial charge in [-0.15, -0.1) is 0 Å². The van der Waals surface area contributed by atoms with Crippen LogP contribution in [0.2, 0.25) is 0 Å². The number of carboxylic acid groups (broad SMARTS) is 1. The monoisotopic (exact) mass is 358 g/mol. The zero-order valence-electron chi connectivity index (χ0n) is 10.8. The molecule has 2 fully saturated rings. The van der Waals surface area contributed by atoms with Gasteiger partial charge in [0.25, 0.3) is 5.91 Å². The number of rotatable bonds is 3. The van der Waals surface area contributed by atoms with Gasteiger partial charge in [0.05, 0.1) is 0 Å². The first kappa shape index (κ1) is 14.0. The third kappa shape index (κ3) is 2.61. The Morgan fingerprint density at radius 2 is 2.15 bits per heavy atom. The van der Waals surface area contributed by atoms with Gasteiger partial charge in [0.15, 0.2) is 0 Å². The molecule has 0 radical (unpaired) electrons. The molecule has 108 valence electrons. The molecule has 1 aliphatic heterocycles. The molecule has 2 heterocycles. The molecule has 1 N–H and O–H groups in total. The van der Waals surface area contributed by atoms with E-state index in [9.17, 15) is 14.7 Å². The lowest BCUT2D eigenvalue weighted by Gasteiger charge is -2.32. The third-order valence-corrected chi connectivity index (χ3v) is 5.11. The van der Waals surface area contributed by atoms with E-state index in [2.05, 4.69) is 15.9 Å². The highest BCUT2D eigenvalue weighted by Gasteiger charge is 2.36. The molecule has 1 saturated carbocycles. The third-order valence-electron chi connectivity index (χ3n) is 3.65. The molecular weight excluding hydrogens is 344 g/mol. The maximum absolute atomic E-state index is 12.7. The average molecular weight is 359 g/mol. The number of thioether (sulfide) groups is 1. The van der Waals surface area contributed by atoms with Gasteiger partial charge in [-0.05, 0) is 34.8 Å². The predicted octanol–water partition coefficient (Wildman–Crippen LogP) is 2.23. The maximum atomic E-state index is 12.7. The number of carbonyl (C=O) groups is 2. The van der Waals surface area contributed by atoms with Gasteiger partial charge >= 0.3 is 5.97 Å². The fourth-order valence-corrected chi connectivity index (χ4v) is 3.95. The Bertz CT molecular complexity index is 556. The standard InChI is InChI=1S/C13H15BrN2O3S/c14-8-5-10(16(6-8)9-1-2-9)12(17)15-3-4-20-7-11(15)13(18)19/h5-6,9,11H,1-4,7H2,(H,18,19). The van der Waals surface area contributed by atoms with Crippen LogP contribution in [0.1, 0.15) is 29.4 Å². The van der Waals surface area contributed by atoms with E-state index in [1.165, 1.54) is 4.90 Å². The van der Waals surface area contributed by atoms with Gasteiger partial charge < -0.3 is 14.6 Å². The molecule has 5 nitrogen and oxygen atoms in total. The van der Waals surface area contributed by atoms with E-state index in [0.717, 1.165) is 23.1 Å². The predicted molar refractivity (Wildman–Crippen MR) is 80.2 cm³/mol. The summed E-state index contributed by atoms with van der Waals surface area (Å²) in [6.07, 6.45) is 4.08. The lowest BCUT2D eigenvalue weighted by atomic mass is 10.2. The van der Waals surface area contributed by atoms with Crippen molar-refractivity contribution in [3.8, 4) is 0 Å². The first-order valence-electron chi connectivity index (χ1n) is 6.57. The number of aliphatic carboxylic acids is 1. The lowest BCUT2D eigenvalue weighted by molar-refractivity contribution is -0.141. The Kier molecular flexibility index (Phi) is 3.81. The number of amides is 1. The Hall–Kier alpha value is -0.950. The van der Waals surface area contributed by atoms with Crippen molar-refractivity contribution in [2.75, 3.05) is 18.1 Å². The van der Waals surface area contributed by atoms with Crippen LogP contribution in [0.25, 0.3) is 0 Å². The molecule has 1 unspecified atom stereocenters. The van der Waals surface area contributed by atoms with Gasteiger partial charge in [-0.2, -0.15) is 11.8 Å². The molecule has 1 saturated heterocycles. The van der Waals surface area contributed by atoms with E-state index < -0.39 is 12.0 Å². The Labute approximate surface area is 129 Å². The fourth-order valence-electron chi connectivity index (χ4n) is 2.47. The SMILES string of the molecule is O=C(O)C1CSCCN1C(=O)c1cc(Br)cn1C1CC1. The molecule has 20 heavy (non-hydrogen) atoms. The normalized spacial score (nSPS) is 22.9. The summed E-state index contributed by atoms with van der Waals surface area (Å²) in [5.74, 6) is 0.164. The van der Waals surface area contributed by atoms with Gasteiger partial charge in [-0.3, -0.25) is 4.79 Å². The van der Waals surface area contributed by atoms with Crippen molar-refractivity contribution in [2.24, 2.45) is 0 Å². The number of hydrogen-bond acceptors (Lipinski definition) is 3. The van der Waals surface area contributed by atoms with E-state index in [-0.39, 0.29) is 5.91 Å². The molecule has 3 rings (SSSR count). The summed E-state index contributed by atoms with van der Waals surface area (Å²) >= 11 is 4.99. The van der Waals surface area contributed by atoms with E-state index in [4.69, 9.17) is 0 Å². The van der Waals surface area contributed by atoms with Crippen molar-refractivity contribution in [1.82, 2.24) is 9.47 Å². The number of carboxylic acids is 1. The molecule has 0 bridgehead atoms. The lowest BCUT2D eigenvalue weighted by Crippen LogP contribution is -2.50. The largest absolute Gasteiger partial charge is 0.480 e. The molecule has 1 amide bonds. The molecule has 1 atom stereocenters. The summed E-state index contributed by atoms with van der Waals surface area (Å²) in [5.41, 5.74) is 0.595. The van der Waals surface area contributed by atoms with Crippen LogP contribution in [0.15, 0.2) is 16.7 Å². The van der Waals surface area contributed by atoms with Crippen molar-refractivity contribution in [1.29, 1.82) is 0 Å². The van der Waals surface area contributed by atoms with Gasteiger partial charge in [0, 0.05) is 34.8 Å². The zero-order valence-corrected chi connectivity index (χ0v) is 13.2. The Morgan fingerprint density at radius 1 is 1.40 bits per heavy atom. The van der Waals surface area contributed by atoms with Gasteiger partial charge in [-0.1, -0.05) is 0 Å². The molecule has 2 aliphatic rings. The second kappa shape index (κ2) is 5.44. The van der Waals surface area contributed by atoms with Crippen molar-refractivity contribution in [3.05, 3.63) is 22.4 Å². The van der Waals surface area contributed by atoms with Gasteiger partial charge in [0.1, 0.15) is 11.7 Å². The van der Waals surface area contributed by atoms with Crippen molar-refractivity contribution in [2.45, 2.75) is 24.9 Å². The summed E-state index contributed by atoms with van der Waals surface area (Å²) in [7, 11) is 0. The van der Waals surface area contributed by atoms with Crippen LogP contribution in [0.4, 0.5) is 0 Å². The molecular formula is C13H15BrN2O3S. The molecule has 0 aromatic carbocycles. The molecule has 7 heteroatoms. The minimum Gasteiger partial charge on any atom is -0.480 e. The van der Waals surface area contributed by atoms with Crippen molar-refractivity contribution in [3.63, 3.8) is 0 Å². The number of carbonyl (C=O) groups excluding carboxylic acids is 1. The van der Waals surface area contributed by atoms with Crippen LogP contribution >= 0.6 is 27.7 Å².